The fraction of sp³-hybridized carbons (Fsp3) is 0.419. The van der Waals surface area contributed by atoms with Crippen LogP contribution in [0.4, 0.5) is 0 Å². The van der Waals surface area contributed by atoms with E-state index in [0.29, 0.717) is 24.1 Å². The third-order valence-electron chi connectivity index (χ3n) is 7.59. The molecule has 1 aromatic carbocycles. The number of aromatic amines is 1. The topological polar surface area (TPSA) is 87.2 Å². The van der Waals surface area contributed by atoms with Gasteiger partial charge in [0.05, 0.1) is 17.1 Å². The molecule has 0 atom stereocenters. The summed E-state index contributed by atoms with van der Waals surface area (Å²) in [6.07, 6.45) is 6.55. The Hall–Kier alpha value is -3.78. The van der Waals surface area contributed by atoms with E-state index in [1.165, 1.54) is 5.56 Å². The lowest BCUT2D eigenvalue weighted by Gasteiger charge is -2.35. The Morgan fingerprint density at radius 2 is 1.85 bits per heavy atom. The molecule has 1 aliphatic carbocycles. The number of hydrogen-bond donors (Lipinski definition) is 1. The normalized spacial score (nSPS) is 16.3. The first kappa shape index (κ1) is 25.5. The molecule has 8 heteroatoms. The molecule has 1 N–H and O–H groups in total. The number of carbonyl (C=O) groups excluding carboxylic acids is 1. The molecule has 39 heavy (non-hydrogen) atoms. The van der Waals surface area contributed by atoms with Crippen molar-refractivity contribution in [2.75, 3.05) is 26.2 Å². The molecule has 4 heterocycles. The van der Waals surface area contributed by atoms with Crippen LogP contribution in [0.5, 0.6) is 5.88 Å². The SMILES string of the molecule is Cc1c(-c2ccc3nc(Cc4cc(CN5CCN(C(=O)C6CC6)CC5)ccn4)[nH]c3c2)ccnc1OC(C)C. The highest BCUT2D eigenvalue weighted by Crippen LogP contribution is 2.32. The van der Waals surface area contributed by atoms with Crippen LogP contribution in [-0.2, 0) is 17.8 Å². The summed E-state index contributed by atoms with van der Waals surface area (Å²) < 4.78 is 5.89. The van der Waals surface area contributed by atoms with Gasteiger partial charge >= 0.3 is 0 Å². The van der Waals surface area contributed by atoms with Crippen LogP contribution in [0.15, 0.2) is 48.8 Å². The smallest absolute Gasteiger partial charge is 0.225 e. The number of H-pyrrole nitrogens is 1. The van der Waals surface area contributed by atoms with Crippen molar-refractivity contribution in [1.29, 1.82) is 0 Å². The molecule has 1 saturated heterocycles. The first-order chi connectivity index (χ1) is 18.9. The van der Waals surface area contributed by atoms with Crippen LogP contribution >= 0.6 is 0 Å². The van der Waals surface area contributed by atoms with Gasteiger partial charge in [-0.1, -0.05) is 6.07 Å². The fourth-order valence-corrected chi connectivity index (χ4v) is 5.35. The first-order valence-corrected chi connectivity index (χ1v) is 14.0. The van der Waals surface area contributed by atoms with Crippen molar-refractivity contribution in [3.05, 3.63) is 71.4 Å². The van der Waals surface area contributed by atoms with Gasteiger partial charge < -0.3 is 14.6 Å². The van der Waals surface area contributed by atoms with Gasteiger partial charge in [0.2, 0.25) is 11.8 Å². The Morgan fingerprint density at radius 1 is 1.05 bits per heavy atom. The first-order valence-electron chi connectivity index (χ1n) is 14.0. The van der Waals surface area contributed by atoms with Crippen LogP contribution in [0.2, 0.25) is 0 Å². The molecule has 3 aromatic heterocycles. The van der Waals surface area contributed by atoms with Crippen molar-refractivity contribution in [2.45, 2.75) is 52.7 Å². The number of benzene rings is 1. The summed E-state index contributed by atoms with van der Waals surface area (Å²) in [5.41, 5.74) is 7.41. The molecule has 4 aromatic rings. The van der Waals surface area contributed by atoms with Crippen molar-refractivity contribution >= 4 is 16.9 Å². The second-order valence-corrected chi connectivity index (χ2v) is 11.1. The Kier molecular flexibility index (Phi) is 7.04. The lowest BCUT2D eigenvalue weighted by molar-refractivity contribution is -0.134. The van der Waals surface area contributed by atoms with Gasteiger partial charge in [0.1, 0.15) is 5.82 Å². The van der Waals surface area contributed by atoms with E-state index in [4.69, 9.17) is 9.72 Å². The maximum atomic E-state index is 12.3. The summed E-state index contributed by atoms with van der Waals surface area (Å²) in [5.74, 6) is 2.24. The van der Waals surface area contributed by atoms with Crippen LogP contribution in [0.25, 0.3) is 22.2 Å². The van der Waals surface area contributed by atoms with E-state index in [-0.39, 0.29) is 6.10 Å². The zero-order valence-electron chi connectivity index (χ0n) is 23.0. The van der Waals surface area contributed by atoms with E-state index >= 15 is 0 Å². The maximum Gasteiger partial charge on any atom is 0.225 e. The molecule has 0 spiro atoms. The van der Waals surface area contributed by atoms with Gasteiger partial charge in [0.15, 0.2) is 0 Å². The summed E-state index contributed by atoms with van der Waals surface area (Å²) in [4.78, 5) is 34.2. The molecule has 2 fully saturated rings. The van der Waals surface area contributed by atoms with Gasteiger partial charge in [-0.05, 0) is 80.6 Å². The Labute approximate surface area is 229 Å². The summed E-state index contributed by atoms with van der Waals surface area (Å²) in [5, 5.41) is 0. The number of carbonyl (C=O) groups is 1. The monoisotopic (exact) mass is 524 g/mol. The molecule has 0 unspecified atom stereocenters. The second-order valence-electron chi connectivity index (χ2n) is 11.1. The predicted octanol–water partition coefficient (Wildman–Crippen LogP) is 4.76. The van der Waals surface area contributed by atoms with Crippen molar-refractivity contribution in [1.82, 2.24) is 29.7 Å². The van der Waals surface area contributed by atoms with Gasteiger partial charge in [0.25, 0.3) is 0 Å². The Bertz CT molecular complexity index is 1480. The van der Waals surface area contributed by atoms with Gasteiger partial charge in [-0.2, -0.15) is 0 Å². The molecule has 0 radical (unpaired) electrons. The minimum absolute atomic E-state index is 0.0732. The second kappa shape index (κ2) is 10.8. The van der Waals surface area contributed by atoms with Crippen LogP contribution in [0, 0.1) is 12.8 Å². The molecule has 1 aliphatic heterocycles. The number of imidazole rings is 1. The summed E-state index contributed by atoms with van der Waals surface area (Å²) in [6, 6.07) is 12.6. The minimum atomic E-state index is 0.0732. The van der Waals surface area contributed by atoms with Gasteiger partial charge in [0, 0.05) is 68.7 Å². The molecule has 202 valence electrons. The highest BCUT2D eigenvalue weighted by Gasteiger charge is 2.34. The van der Waals surface area contributed by atoms with E-state index in [1.807, 2.05) is 31.0 Å². The van der Waals surface area contributed by atoms with Crippen LogP contribution in [0.3, 0.4) is 0 Å². The van der Waals surface area contributed by atoms with Crippen LogP contribution < -0.4 is 4.74 Å². The number of hydrogen-bond acceptors (Lipinski definition) is 6. The zero-order valence-corrected chi connectivity index (χ0v) is 23.0. The van der Waals surface area contributed by atoms with Gasteiger partial charge in [-0.3, -0.25) is 14.7 Å². The van der Waals surface area contributed by atoms with Gasteiger partial charge in [-0.25, -0.2) is 9.97 Å². The number of nitrogens with one attached hydrogen (secondary N) is 1. The number of piperazine rings is 1. The predicted molar refractivity (Wildman–Crippen MR) is 151 cm³/mol. The van der Waals surface area contributed by atoms with E-state index < -0.39 is 0 Å². The lowest BCUT2D eigenvalue weighted by Crippen LogP contribution is -2.48. The molecule has 1 saturated carbocycles. The maximum absolute atomic E-state index is 12.3. The fourth-order valence-electron chi connectivity index (χ4n) is 5.35. The highest BCUT2D eigenvalue weighted by atomic mass is 16.5. The summed E-state index contributed by atoms with van der Waals surface area (Å²) >= 11 is 0. The molecule has 2 aliphatic rings. The quantitative estimate of drug-likeness (QED) is 0.358. The van der Waals surface area contributed by atoms with E-state index in [2.05, 4.69) is 57.1 Å². The molecular formula is C31H36N6O2. The zero-order chi connectivity index (χ0) is 26.9. The third kappa shape index (κ3) is 5.81. The molecule has 1 amide bonds. The number of aromatic nitrogens is 4. The number of ether oxygens (including phenoxy) is 1. The lowest BCUT2D eigenvalue weighted by atomic mass is 10.0. The number of rotatable bonds is 8. The van der Waals surface area contributed by atoms with E-state index in [9.17, 15) is 4.79 Å². The van der Waals surface area contributed by atoms with Crippen molar-refractivity contribution in [3.63, 3.8) is 0 Å². The molecular weight excluding hydrogens is 488 g/mol. The number of pyridine rings is 2. The standard InChI is InChI=1S/C31H36N6O2/c1-20(2)39-30-21(3)26(9-11-33-30)24-6-7-27-28(17-24)35-29(34-27)18-25-16-22(8-10-32-25)19-36-12-14-37(15-13-36)31(38)23-4-5-23/h6-11,16-17,20,23H,4-5,12-15,18-19H2,1-3H3,(H,34,35). The van der Waals surface area contributed by atoms with Crippen LogP contribution in [0.1, 0.15) is 49.3 Å². The molecule has 0 bridgehead atoms. The van der Waals surface area contributed by atoms with Crippen molar-refractivity contribution < 1.29 is 9.53 Å². The molecule has 6 rings (SSSR count). The Balaban J connectivity index is 1.12. The number of fused-ring (bicyclic) bond motifs is 1. The van der Waals surface area contributed by atoms with Crippen LogP contribution in [-0.4, -0.2) is 67.9 Å². The van der Waals surface area contributed by atoms with Gasteiger partial charge in [-0.15, -0.1) is 0 Å². The average Bonchev–Trinajstić information content (AvgIpc) is 3.70. The van der Waals surface area contributed by atoms with Crippen molar-refractivity contribution in [3.8, 4) is 17.0 Å². The number of amides is 1. The van der Waals surface area contributed by atoms with Crippen molar-refractivity contribution in [2.24, 2.45) is 5.92 Å². The minimum Gasteiger partial charge on any atom is -0.475 e. The largest absolute Gasteiger partial charge is 0.475 e. The average molecular weight is 525 g/mol. The van der Waals surface area contributed by atoms with E-state index in [1.54, 1.807) is 6.20 Å². The summed E-state index contributed by atoms with van der Waals surface area (Å²) in [6.45, 7) is 10.5. The number of nitrogens with zero attached hydrogens (tertiary/aromatic N) is 5. The van der Waals surface area contributed by atoms with E-state index in [0.717, 1.165) is 84.8 Å². The third-order valence-corrected chi connectivity index (χ3v) is 7.59. The summed E-state index contributed by atoms with van der Waals surface area (Å²) in [7, 11) is 0. The Morgan fingerprint density at radius 3 is 2.62 bits per heavy atom. The highest BCUT2D eigenvalue weighted by molar-refractivity contribution is 5.83. The molecule has 8 nitrogen and oxygen atoms in total.